The van der Waals surface area contributed by atoms with Gasteiger partial charge in [0.1, 0.15) is 0 Å². The van der Waals surface area contributed by atoms with Crippen LogP contribution in [-0.2, 0) is 22.5 Å². The Bertz CT molecular complexity index is 1120. The van der Waals surface area contributed by atoms with Crippen LogP contribution in [0.1, 0.15) is 43.7 Å². The van der Waals surface area contributed by atoms with Gasteiger partial charge < -0.3 is 9.64 Å². The minimum atomic E-state index is 0.105. The van der Waals surface area contributed by atoms with Crippen molar-refractivity contribution in [3.63, 3.8) is 0 Å². The van der Waals surface area contributed by atoms with Crippen LogP contribution in [0, 0.1) is 11.8 Å². The molecule has 36 heavy (non-hydrogen) atoms. The largest absolute Gasteiger partial charge is 0.381 e. The first-order valence-electron chi connectivity index (χ1n) is 13.6. The minimum Gasteiger partial charge on any atom is -0.381 e. The fraction of sp³-hybridized carbons (Fsp3) is 0.500. The Balaban J connectivity index is 1.27. The Morgan fingerprint density at radius 2 is 1.69 bits per heavy atom. The van der Waals surface area contributed by atoms with Gasteiger partial charge in [-0.15, -0.1) is 0 Å². The van der Waals surface area contributed by atoms with Crippen LogP contribution in [0.3, 0.4) is 0 Å². The van der Waals surface area contributed by atoms with Crippen LogP contribution >= 0.6 is 0 Å². The summed E-state index contributed by atoms with van der Waals surface area (Å²) in [4.78, 5) is 27.3. The van der Waals surface area contributed by atoms with E-state index >= 15 is 0 Å². The van der Waals surface area contributed by atoms with Gasteiger partial charge in [0.2, 0.25) is 5.91 Å². The fourth-order valence-electron chi connectivity index (χ4n) is 5.98. The lowest BCUT2D eigenvalue weighted by Gasteiger charge is -2.42. The number of piperidine rings is 1. The molecule has 0 radical (unpaired) electrons. The number of aromatic nitrogens is 2. The lowest BCUT2D eigenvalue weighted by Crippen LogP contribution is -2.51. The zero-order valence-electron chi connectivity index (χ0n) is 21.4. The van der Waals surface area contributed by atoms with Crippen LogP contribution < -0.4 is 0 Å². The molecule has 0 saturated carbocycles. The van der Waals surface area contributed by atoms with Gasteiger partial charge in [0.25, 0.3) is 0 Å². The lowest BCUT2D eigenvalue weighted by atomic mass is 9.83. The summed E-state index contributed by atoms with van der Waals surface area (Å²) in [6.07, 6.45) is 8.35. The first-order valence-corrected chi connectivity index (χ1v) is 13.6. The van der Waals surface area contributed by atoms with E-state index in [4.69, 9.17) is 4.74 Å². The SMILES string of the molecule is CCN(C(=O)C1CCOCC1)C(Cc1ccccc1)C1CCN(Cc2ccc3nccnc3c2)CC1. The second-order valence-electron chi connectivity index (χ2n) is 10.3. The van der Waals surface area contributed by atoms with Crippen molar-refractivity contribution in [2.24, 2.45) is 11.8 Å². The molecule has 3 heterocycles. The molecule has 2 saturated heterocycles. The number of rotatable bonds is 8. The fourth-order valence-corrected chi connectivity index (χ4v) is 5.98. The quantitative estimate of drug-likeness (QED) is 0.461. The molecule has 0 bridgehead atoms. The number of hydrogen-bond donors (Lipinski definition) is 0. The summed E-state index contributed by atoms with van der Waals surface area (Å²) in [5.41, 5.74) is 4.50. The van der Waals surface area contributed by atoms with Crippen LogP contribution in [0.4, 0.5) is 0 Å². The average molecular weight is 487 g/mol. The topological polar surface area (TPSA) is 58.6 Å². The van der Waals surface area contributed by atoms with Crippen molar-refractivity contribution in [1.82, 2.24) is 19.8 Å². The molecule has 190 valence electrons. The second-order valence-corrected chi connectivity index (χ2v) is 10.3. The van der Waals surface area contributed by atoms with E-state index in [-0.39, 0.29) is 12.0 Å². The average Bonchev–Trinajstić information content (AvgIpc) is 2.94. The number of hydrogen-bond acceptors (Lipinski definition) is 5. The van der Waals surface area contributed by atoms with Crippen LogP contribution in [0.5, 0.6) is 0 Å². The van der Waals surface area contributed by atoms with Crippen LogP contribution in [-0.4, -0.2) is 64.6 Å². The van der Waals surface area contributed by atoms with E-state index in [1.807, 2.05) is 0 Å². The Hall–Kier alpha value is -2.83. The number of carbonyl (C=O) groups excluding carboxylic acids is 1. The maximum absolute atomic E-state index is 13.7. The predicted molar refractivity (Wildman–Crippen MR) is 142 cm³/mol. The van der Waals surface area contributed by atoms with Gasteiger partial charge in [0, 0.05) is 50.7 Å². The van der Waals surface area contributed by atoms with Crippen LogP contribution in [0.15, 0.2) is 60.9 Å². The summed E-state index contributed by atoms with van der Waals surface area (Å²) >= 11 is 0. The molecule has 2 aliphatic heterocycles. The normalized spacial score (nSPS) is 18.8. The van der Waals surface area contributed by atoms with Crippen molar-refractivity contribution in [3.05, 3.63) is 72.1 Å². The molecule has 0 spiro atoms. The molecule has 2 aliphatic rings. The molecule has 0 N–H and O–H groups in total. The Morgan fingerprint density at radius 3 is 2.42 bits per heavy atom. The highest BCUT2D eigenvalue weighted by molar-refractivity contribution is 5.79. The third kappa shape index (κ3) is 5.93. The van der Waals surface area contributed by atoms with Gasteiger partial charge in [0.05, 0.1) is 11.0 Å². The highest BCUT2D eigenvalue weighted by Crippen LogP contribution is 2.30. The van der Waals surface area contributed by atoms with E-state index in [2.05, 4.69) is 75.2 Å². The summed E-state index contributed by atoms with van der Waals surface area (Å²) in [6.45, 7) is 7.36. The molecule has 6 nitrogen and oxygen atoms in total. The van der Waals surface area contributed by atoms with E-state index in [1.165, 1.54) is 11.1 Å². The molecule has 2 fully saturated rings. The van der Waals surface area contributed by atoms with Gasteiger partial charge in [-0.25, -0.2) is 0 Å². The van der Waals surface area contributed by atoms with Crippen molar-refractivity contribution < 1.29 is 9.53 Å². The molecule has 1 atom stereocenters. The monoisotopic (exact) mass is 486 g/mol. The van der Waals surface area contributed by atoms with Crippen molar-refractivity contribution in [2.75, 3.05) is 32.8 Å². The number of nitrogens with zero attached hydrogens (tertiary/aromatic N) is 4. The van der Waals surface area contributed by atoms with E-state index in [9.17, 15) is 4.79 Å². The Morgan fingerprint density at radius 1 is 0.972 bits per heavy atom. The van der Waals surface area contributed by atoms with Crippen molar-refractivity contribution >= 4 is 16.9 Å². The molecule has 6 heteroatoms. The lowest BCUT2D eigenvalue weighted by molar-refractivity contribution is -0.142. The van der Waals surface area contributed by atoms with Gasteiger partial charge in [0.15, 0.2) is 0 Å². The summed E-state index contributed by atoms with van der Waals surface area (Å²) in [5.74, 6) is 0.946. The van der Waals surface area contributed by atoms with Gasteiger partial charge >= 0.3 is 0 Å². The summed E-state index contributed by atoms with van der Waals surface area (Å²) in [7, 11) is 0. The van der Waals surface area contributed by atoms with E-state index in [0.717, 1.165) is 69.3 Å². The third-order valence-electron chi connectivity index (χ3n) is 8.00. The highest BCUT2D eigenvalue weighted by atomic mass is 16.5. The summed E-state index contributed by atoms with van der Waals surface area (Å²) < 4.78 is 5.54. The molecule has 2 aromatic carbocycles. The van der Waals surface area contributed by atoms with Gasteiger partial charge in [-0.05, 0) is 81.3 Å². The van der Waals surface area contributed by atoms with Crippen molar-refractivity contribution in [1.29, 1.82) is 0 Å². The smallest absolute Gasteiger partial charge is 0.226 e. The molecule has 5 rings (SSSR count). The zero-order valence-corrected chi connectivity index (χ0v) is 21.4. The molecule has 1 aromatic heterocycles. The first kappa shape index (κ1) is 24.8. The summed E-state index contributed by atoms with van der Waals surface area (Å²) in [6, 6.07) is 17.4. The Labute approximate surface area is 214 Å². The Kier molecular flexibility index (Phi) is 8.24. The van der Waals surface area contributed by atoms with Crippen molar-refractivity contribution in [2.45, 2.75) is 51.6 Å². The van der Waals surface area contributed by atoms with Crippen molar-refractivity contribution in [3.8, 4) is 0 Å². The van der Waals surface area contributed by atoms with Gasteiger partial charge in [-0.3, -0.25) is 19.7 Å². The van der Waals surface area contributed by atoms with Crippen LogP contribution in [0.25, 0.3) is 11.0 Å². The van der Waals surface area contributed by atoms with E-state index in [0.29, 0.717) is 25.0 Å². The van der Waals surface area contributed by atoms with Crippen LogP contribution in [0.2, 0.25) is 0 Å². The number of benzene rings is 2. The third-order valence-corrected chi connectivity index (χ3v) is 8.00. The molecule has 0 aliphatic carbocycles. The minimum absolute atomic E-state index is 0.105. The van der Waals surface area contributed by atoms with E-state index in [1.54, 1.807) is 12.4 Å². The maximum Gasteiger partial charge on any atom is 0.226 e. The molecular formula is C30H38N4O2. The standard InChI is InChI=1S/C30H38N4O2/c1-2-34(30(35)26-12-18-36-19-13-26)29(21-23-6-4-3-5-7-23)25-10-16-33(17-11-25)22-24-8-9-27-28(20-24)32-15-14-31-27/h3-9,14-15,20,25-26,29H,2,10-13,16-19,21-22H2,1H3. The maximum atomic E-state index is 13.7. The number of fused-ring (bicyclic) bond motifs is 1. The number of ether oxygens (including phenoxy) is 1. The van der Waals surface area contributed by atoms with Gasteiger partial charge in [-0.2, -0.15) is 0 Å². The summed E-state index contributed by atoms with van der Waals surface area (Å²) in [5, 5.41) is 0. The zero-order chi connectivity index (χ0) is 24.7. The second kappa shape index (κ2) is 11.9. The highest BCUT2D eigenvalue weighted by Gasteiger charge is 2.35. The first-order chi connectivity index (χ1) is 17.7. The molecular weight excluding hydrogens is 448 g/mol. The van der Waals surface area contributed by atoms with Gasteiger partial charge in [-0.1, -0.05) is 36.4 Å². The number of likely N-dealkylation sites (N-methyl/N-ethyl adjacent to an activating group) is 1. The van der Waals surface area contributed by atoms with E-state index < -0.39 is 0 Å². The molecule has 3 aromatic rings. The number of amides is 1. The predicted octanol–water partition coefficient (Wildman–Crippen LogP) is 4.73. The molecule has 1 unspecified atom stereocenters. The number of likely N-dealkylation sites (tertiary alicyclic amines) is 1. The number of carbonyl (C=O) groups is 1. The molecule has 1 amide bonds.